The van der Waals surface area contributed by atoms with Gasteiger partial charge in [-0.3, -0.25) is 9.59 Å². The largest absolute Gasteiger partial charge is 0.481 e. The van der Waals surface area contributed by atoms with E-state index in [1.165, 1.54) is 0 Å². The minimum atomic E-state index is -1.02. The van der Waals surface area contributed by atoms with Crippen LogP contribution >= 0.6 is 0 Å². The smallest absolute Gasteiger partial charge is 0.316 e. The van der Waals surface area contributed by atoms with Gasteiger partial charge in [-0.2, -0.15) is 0 Å². The third-order valence-corrected chi connectivity index (χ3v) is 4.02. The fourth-order valence-corrected chi connectivity index (χ4v) is 2.66. The molecule has 0 radical (unpaired) electrons. The van der Waals surface area contributed by atoms with Crippen molar-refractivity contribution in [3.05, 3.63) is 0 Å². The van der Waals surface area contributed by atoms with Gasteiger partial charge in [-0.25, -0.2) is 0 Å². The molecular formula is C14H25NO3. The lowest BCUT2D eigenvalue weighted by Gasteiger charge is -2.41. The van der Waals surface area contributed by atoms with Gasteiger partial charge in [-0.15, -0.1) is 0 Å². The van der Waals surface area contributed by atoms with Gasteiger partial charge in [0.05, 0.1) is 0 Å². The number of hydrogen-bond acceptors (Lipinski definition) is 2. The quantitative estimate of drug-likeness (QED) is 0.771. The Morgan fingerprint density at radius 2 is 1.83 bits per heavy atom. The number of hydrogen-bond donors (Lipinski definition) is 1. The number of likely N-dealkylation sites (tertiary alicyclic amines) is 1. The molecule has 1 heterocycles. The summed E-state index contributed by atoms with van der Waals surface area (Å²) < 4.78 is 0. The third kappa shape index (κ3) is 3.03. The minimum absolute atomic E-state index is 0.135. The van der Waals surface area contributed by atoms with Crippen LogP contribution < -0.4 is 0 Å². The fourth-order valence-electron chi connectivity index (χ4n) is 2.66. The van der Waals surface area contributed by atoms with Gasteiger partial charge in [0.25, 0.3) is 0 Å². The molecule has 1 rings (SSSR count). The highest BCUT2D eigenvalue weighted by Gasteiger charge is 2.42. The number of amides is 1. The molecule has 0 aromatic heterocycles. The maximum Gasteiger partial charge on any atom is 0.316 e. The molecule has 1 amide bonds. The minimum Gasteiger partial charge on any atom is -0.481 e. The van der Waals surface area contributed by atoms with Gasteiger partial charge < -0.3 is 10.0 Å². The van der Waals surface area contributed by atoms with Crippen molar-refractivity contribution in [2.45, 2.75) is 53.5 Å². The molecule has 4 nitrogen and oxygen atoms in total. The summed E-state index contributed by atoms with van der Waals surface area (Å²) in [6, 6.07) is 0.135. The van der Waals surface area contributed by atoms with Crippen molar-refractivity contribution in [3.63, 3.8) is 0 Å². The number of piperidine rings is 1. The summed E-state index contributed by atoms with van der Waals surface area (Å²) in [6.07, 6.45) is 2.08. The van der Waals surface area contributed by atoms with Crippen LogP contribution in [0, 0.1) is 17.3 Å². The summed E-state index contributed by atoms with van der Waals surface area (Å²) in [5.41, 5.74) is -0.552. The molecule has 1 saturated heterocycles. The lowest BCUT2D eigenvalue weighted by atomic mass is 9.78. The maximum absolute atomic E-state index is 12.5. The van der Waals surface area contributed by atoms with E-state index in [2.05, 4.69) is 6.92 Å². The van der Waals surface area contributed by atoms with E-state index < -0.39 is 17.3 Å². The highest BCUT2D eigenvalue weighted by atomic mass is 16.4. The van der Waals surface area contributed by atoms with Gasteiger partial charge in [0.1, 0.15) is 5.92 Å². The Bertz CT molecular complexity index is 332. The summed E-state index contributed by atoms with van der Waals surface area (Å²) in [5, 5.41) is 9.31. The van der Waals surface area contributed by atoms with Crippen LogP contribution in [0.3, 0.4) is 0 Å². The van der Waals surface area contributed by atoms with E-state index in [4.69, 9.17) is 0 Å². The molecular weight excluding hydrogens is 230 g/mol. The zero-order valence-corrected chi connectivity index (χ0v) is 12.1. The summed E-state index contributed by atoms with van der Waals surface area (Å²) >= 11 is 0. The molecule has 0 aliphatic carbocycles. The fraction of sp³-hybridized carbons (Fsp3) is 0.857. The second kappa shape index (κ2) is 5.29. The lowest BCUT2D eigenvalue weighted by molar-refractivity contribution is -0.158. The molecule has 1 fully saturated rings. The molecule has 4 heteroatoms. The normalized spacial score (nSPS) is 26.8. The average Bonchev–Trinajstić information content (AvgIpc) is 2.19. The number of carboxylic acid groups (broad SMARTS) is 1. The first-order valence-corrected chi connectivity index (χ1v) is 6.69. The van der Waals surface area contributed by atoms with E-state index in [1.54, 1.807) is 4.90 Å². The number of carboxylic acids is 1. The van der Waals surface area contributed by atoms with Gasteiger partial charge in [0.15, 0.2) is 0 Å². The first kappa shape index (κ1) is 15.0. The molecule has 1 aliphatic rings. The van der Waals surface area contributed by atoms with Crippen molar-refractivity contribution < 1.29 is 14.7 Å². The van der Waals surface area contributed by atoms with Crippen molar-refractivity contribution in [3.8, 4) is 0 Å². The van der Waals surface area contributed by atoms with Crippen LogP contribution in [0.25, 0.3) is 0 Å². The number of aliphatic carboxylic acids is 1. The summed E-state index contributed by atoms with van der Waals surface area (Å²) in [6.45, 7) is 10.2. The van der Waals surface area contributed by atoms with E-state index in [0.29, 0.717) is 12.5 Å². The second-order valence-electron chi connectivity index (χ2n) is 6.53. The van der Waals surface area contributed by atoms with E-state index in [0.717, 1.165) is 12.8 Å². The predicted molar refractivity (Wildman–Crippen MR) is 70.2 cm³/mol. The van der Waals surface area contributed by atoms with E-state index in [1.807, 2.05) is 27.7 Å². The molecule has 0 saturated carbocycles. The molecule has 104 valence electrons. The Hall–Kier alpha value is -1.06. The van der Waals surface area contributed by atoms with Gasteiger partial charge in [-0.1, -0.05) is 27.7 Å². The number of rotatable bonds is 2. The van der Waals surface area contributed by atoms with Crippen molar-refractivity contribution in [2.75, 3.05) is 6.54 Å². The van der Waals surface area contributed by atoms with E-state index in [9.17, 15) is 14.7 Å². The Kier molecular flexibility index (Phi) is 4.41. The standard InChI is InChI=1S/C14H25NO3/c1-9-7-6-8-15(10(9)2)12(16)11(13(17)18)14(3,4)5/h9-11H,6-8H2,1-5H3,(H,17,18). The highest BCUT2D eigenvalue weighted by molar-refractivity contribution is 5.98. The topological polar surface area (TPSA) is 57.6 Å². The zero-order valence-electron chi connectivity index (χ0n) is 12.1. The molecule has 1 N–H and O–H groups in total. The molecule has 0 aromatic rings. The molecule has 1 aliphatic heterocycles. The molecule has 0 bridgehead atoms. The van der Waals surface area contributed by atoms with Gasteiger partial charge in [0.2, 0.25) is 5.91 Å². The van der Waals surface area contributed by atoms with Crippen LogP contribution in [0.15, 0.2) is 0 Å². The monoisotopic (exact) mass is 255 g/mol. The molecule has 18 heavy (non-hydrogen) atoms. The number of nitrogens with zero attached hydrogens (tertiary/aromatic N) is 1. The van der Waals surface area contributed by atoms with Crippen molar-refractivity contribution in [1.29, 1.82) is 0 Å². The molecule has 0 spiro atoms. The van der Waals surface area contributed by atoms with Crippen LogP contribution in [-0.4, -0.2) is 34.5 Å². The lowest BCUT2D eigenvalue weighted by Crippen LogP contribution is -2.52. The summed E-state index contributed by atoms with van der Waals surface area (Å²) in [5.74, 6) is -1.76. The highest BCUT2D eigenvalue weighted by Crippen LogP contribution is 2.31. The number of carbonyl (C=O) groups is 2. The van der Waals surface area contributed by atoms with Crippen LogP contribution in [-0.2, 0) is 9.59 Å². The summed E-state index contributed by atoms with van der Waals surface area (Å²) in [4.78, 5) is 25.6. The first-order chi connectivity index (χ1) is 8.16. The Morgan fingerprint density at radius 3 is 2.28 bits per heavy atom. The van der Waals surface area contributed by atoms with Crippen LogP contribution in [0.2, 0.25) is 0 Å². The van der Waals surface area contributed by atoms with Crippen LogP contribution in [0.5, 0.6) is 0 Å². The summed E-state index contributed by atoms with van der Waals surface area (Å²) in [7, 11) is 0. The van der Waals surface area contributed by atoms with Crippen molar-refractivity contribution in [1.82, 2.24) is 4.90 Å². The molecule has 3 unspecified atom stereocenters. The van der Waals surface area contributed by atoms with E-state index in [-0.39, 0.29) is 11.9 Å². The third-order valence-electron chi connectivity index (χ3n) is 4.02. The Morgan fingerprint density at radius 1 is 1.28 bits per heavy atom. The molecule has 3 atom stereocenters. The van der Waals surface area contributed by atoms with Crippen molar-refractivity contribution >= 4 is 11.9 Å². The van der Waals surface area contributed by atoms with Crippen molar-refractivity contribution in [2.24, 2.45) is 17.3 Å². The van der Waals surface area contributed by atoms with Gasteiger partial charge in [-0.05, 0) is 31.1 Å². The van der Waals surface area contributed by atoms with Crippen LogP contribution in [0.1, 0.15) is 47.5 Å². The second-order valence-corrected chi connectivity index (χ2v) is 6.53. The van der Waals surface area contributed by atoms with Gasteiger partial charge >= 0.3 is 5.97 Å². The predicted octanol–water partition coefficient (Wildman–Crippen LogP) is 2.38. The Balaban J connectivity index is 2.93. The molecule has 0 aromatic carbocycles. The van der Waals surface area contributed by atoms with E-state index >= 15 is 0 Å². The van der Waals surface area contributed by atoms with Gasteiger partial charge in [0, 0.05) is 12.6 Å². The Labute approximate surface area is 109 Å². The SMILES string of the molecule is CC1CCCN(C(=O)C(C(=O)O)C(C)(C)C)C1C. The maximum atomic E-state index is 12.5. The number of carbonyl (C=O) groups excluding carboxylic acids is 1. The first-order valence-electron chi connectivity index (χ1n) is 6.69. The zero-order chi connectivity index (χ0) is 14.1. The van der Waals surface area contributed by atoms with Crippen LogP contribution in [0.4, 0.5) is 0 Å². The average molecular weight is 255 g/mol.